The third kappa shape index (κ3) is 4.11. The summed E-state index contributed by atoms with van der Waals surface area (Å²) < 4.78 is 5.66. The molecule has 0 spiro atoms. The molecule has 0 amide bonds. The van der Waals surface area contributed by atoms with Crippen LogP contribution in [0.5, 0.6) is 5.75 Å². The van der Waals surface area contributed by atoms with Crippen LogP contribution in [0.4, 0.5) is 5.69 Å². The molecule has 0 aliphatic carbocycles. The van der Waals surface area contributed by atoms with Crippen LogP contribution in [0.15, 0.2) is 18.2 Å². The lowest BCUT2D eigenvalue weighted by Gasteiger charge is -2.10. The molecule has 1 aromatic carbocycles. The lowest BCUT2D eigenvalue weighted by molar-refractivity contribution is 0.273. The number of nitrogens with two attached hydrogens (primary N) is 1. The number of benzene rings is 1. The van der Waals surface area contributed by atoms with Crippen molar-refractivity contribution < 1.29 is 9.84 Å². The molecule has 0 aliphatic rings. The maximum atomic E-state index is 8.62. The second kappa shape index (κ2) is 7.12. The van der Waals surface area contributed by atoms with E-state index in [1.54, 1.807) is 0 Å². The molecule has 0 heterocycles. The maximum absolute atomic E-state index is 8.62. The molecular weight excluding hydrogens is 202 g/mol. The predicted molar refractivity (Wildman–Crippen MR) is 66.6 cm³/mol. The number of aliphatic hydroxyl groups is 1. The first-order valence-electron chi connectivity index (χ1n) is 5.84. The van der Waals surface area contributed by atoms with Crippen LogP contribution in [0, 0.1) is 6.92 Å². The zero-order valence-corrected chi connectivity index (χ0v) is 9.91. The Morgan fingerprint density at radius 1 is 1.19 bits per heavy atom. The number of rotatable bonds is 7. The van der Waals surface area contributed by atoms with Gasteiger partial charge in [-0.1, -0.05) is 12.5 Å². The highest BCUT2D eigenvalue weighted by molar-refractivity contribution is 5.53. The molecule has 3 N–H and O–H groups in total. The van der Waals surface area contributed by atoms with Gasteiger partial charge < -0.3 is 15.6 Å². The standard InChI is InChI=1S/C13H21NO2/c1-11-12(14)7-6-8-13(11)16-10-5-3-2-4-9-15/h6-8,15H,2-5,9-10,14H2,1H3. The lowest BCUT2D eigenvalue weighted by Crippen LogP contribution is -2.00. The van der Waals surface area contributed by atoms with E-state index in [-0.39, 0.29) is 6.61 Å². The van der Waals surface area contributed by atoms with Crippen molar-refractivity contribution in [1.82, 2.24) is 0 Å². The highest BCUT2D eigenvalue weighted by Gasteiger charge is 2.01. The fourth-order valence-corrected chi connectivity index (χ4v) is 1.54. The molecule has 90 valence electrons. The van der Waals surface area contributed by atoms with Gasteiger partial charge in [0.1, 0.15) is 5.75 Å². The number of hydrogen-bond donors (Lipinski definition) is 2. The van der Waals surface area contributed by atoms with Crippen molar-refractivity contribution in [2.45, 2.75) is 32.6 Å². The molecule has 16 heavy (non-hydrogen) atoms. The molecule has 0 atom stereocenters. The van der Waals surface area contributed by atoms with Gasteiger partial charge in [-0.15, -0.1) is 0 Å². The van der Waals surface area contributed by atoms with Crippen LogP contribution in [0.1, 0.15) is 31.2 Å². The third-order valence-electron chi connectivity index (χ3n) is 2.64. The molecule has 0 aromatic heterocycles. The number of ether oxygens (including phenoxy) is 1. The van der Waals surface area contributed by atoms with Crippen molar-refractivity contribution in [3.63, 3.8) is 0 Å². The van der Waals surface area contributed by atoms with E-state index in [0.29, 0.717) is 0 Å². The fraction of sp³-hybridized carbons (Fsp3) is 0.538. The zero-order valence-electron chi connectivity index (χ0n) is 9.91. The minimum Gasteiger partial charge on any atom is -0.493 e. The highest BCUT2D eigenvalue weighted by atomic mass is 16.5. The number of unbranched alkanes of at least 4 members (excludes halogenated alkanes) is 3. The SMILES string of the molecule is Cc1c(N)cccc1OCCCCCCO. The van der Waals surface area contributed by atoms with Crippen LogP contribution >= 0.6 is 0 Å². The van der Waals surface area contributed by atoms with Crippen molar-refractivity contribution in [2.24, 2.45) is 0 Å². The molecule has 3 heteroatoms. The molecule has 0 unspecified atom stereocenters. The van der Waals surface area contributed by atoms with Crippen LogP contribution in [0.25, 0.3) is 0 Å². The minimum absolute atomic E-state index is 0.287. The summed E-state index contributed by atoms with van der Waals surface area (Å²) in [6, 6.07) is 5.73. The first kappa shape index (κ1) is 12.8. The van der Waals surface area contributed by atoms with E-state index < -0.39 is 0 Å². The monoisotopic (exact) mass is 223 g/mol. The summed E-state index contributed by atoms with van der Waals surface area (Å²) in [5, 5.41) is 8.62. The molecule has 0 radical (unpaired) electrons. The summed E-state index contributed by atoms with van der Waals surface area (Å²) in [6.45, 7) is 2.97. The van der Waals surface area contributed by atoms with Crippen LogP contribution in [0.3, 0.4) is 0 Å². The van der Waals surface area contributed by atoms with E-state index in [1.165, 1.54) is 0 Å². The van der Waals surface area contributed by atoms with Gasteiger partial charge >= 0.3 is 0 Å². The summed E-state index contributed by atoms with van der Waals surface area (Å²) >= 11 is 0. The van der Waals surface area contributed by atoms with E-state index in [4.69, 9.17) is 15.6 Å². The van der Waals surface area contributed by atoms with Crippen molar-refractivity contribution in [3.05, 3.63) is 23.8 Å². The summed E-state index contributed by atoms with van der Waals surface area (Å²) in [4.78, 5) is 0. The van der Waals surface area contributed by atoms with Crippen molar-refractivity contribution in [2.75, 3.05) is 18.9 Å². The Hall–Kier alpha value is -1.22. The van der Waals surface area contributed by atoms with Gasteiger partial charge in [-0.05, 0) is 38.3 Å². The van der Waals surface area contributed by atoms with E-state index in [0.717, 1.165) is 49.3 Å². The van der Waals surface area contributed by atoms with E-state index >= 15 is 0 Å². The predicted octanol–water partition coefficient (Wildman–Crippen LogP) is 2.51. The molecule has 0 saturated heterocycles. The van der Waals surface area contributed by atoms with E-state index in [9.17, 15) is 0 Å². The Kier molecular flexibility index (Phi) is 5.72. The van der Waals surface area contributed by atoms with Gasteiger partial charge in [-0.2, -0.15) is 0 Å². The molecule has 3 nitrogen and oxygen atoms in total. The first-order valence-corrected chi connectivity index (χ1v) is 5.84. The number of aliphatic hydroxyl groups excluding tert-OH is 1. The number of hydrogen-bond acceptors (Lipinski definition) is 3. The quantitative estimate of drug-likeness (QED) is 0.551. The average Bonchev–Trinajstić information content (AvgIpc) is 2.29. The molecule has 0 aliphatic heterocycles. The van der Waals surface area contributed by atoms with Gasteiger partial charge in [-0.25, -0.2) is 0 Å². The Morgan fingerprint density at radius 3 is 2.69 bits per heavy atom. The normalized spacial score (nSPS) is 10.4. The van der Waals surface area contributed by atoms with Crippen molar-refractivity contribution in [1.29, 1.82) is 0 Å². The molecule has 0 fully saturated rings. The summed E-state index contributed by atoms with van der Waals surface area (Å²) in [5.41, 5.74) is 7.57. The minimum atomic E-state index is 0.287. The molecule has 1 rings (SSSR count). The van der Waals surface area contributed by atoms with Crippen LogP contribution < -0.4 is 10.5 Å². The topological polar surface area (TPSA) is 55.5 Å². The molecule has 0 bridgehead atoms. The summed E-state index contributed by atoms with van der Waals surface area (Å²) in [5.74, 6) is 0.877. The van der Waals surface area contributed by atoms with Crippen molar-refractivity contribution >= 4 is 5.69 Å². The van der Waals surface area contributed by atoms with Crippen LogP contribution in [-0.2, 0) is 0 Å². The van der Waals surface area contributed by atoms with Gasteiger partial charge in [-0.3, -0.25) is 0 Å². The Balaban J connectivity index is 2.24. The zero-order chi connectivity index (χ0) is 11.8. The third-order valence-corrected chi connectivity index (χ3v) is 2.64. The van der Waals surface area contributed by atoms with Gasteiger partial charge in [0, 0.05) is 17.9 Å². The van der Waals surface area contributed by atoms with Gasteiger partial charge in [0.25, 0.3) is 0 Å². The second-order valence-corrected chi connectivity index (χ2v) is 3.96. The fourth-order valence-electron chi connectivity index (χ4n) is 1.54. The smallest absolute Gasteiger partial charge is 0.124 e. The van der Waals surface area contributed by atoms with E-state index in [2.05, 4.69) is 0 Å². The molecular formula is C13H21NO2. The largest absolute Gasteiger partial charge is 0.493 e. The average molecular weight is 223 g/mol. The second-order valence-electron chi connectivity index (χ2n) is 3.96. The molecule has 1 aromatic rings. The Morgan fingerprint density at radius 2 is 1.94 bits per heavy atom. The summed E-state index contributed by atoms with van der Waals surface area (Å²) in [7, 11) is 0. The maximum Gasteiger partial charge on any atom is 0.124 e. The Labute approximate surface area is 97.2 Å². The van der Waals surface area contributed by atoms with Crippen molar-refractivity contribution in [3.8, 4) is 5.75 Å². The highest BCUT2D eigenvalue weighted by Crippen LogP contribution is 2.22. The van der Waals surface area contributed by atoms with Gasteiger partial charge in [0.2, 0.25) is 0 Å². The first-order chi connectivity index (χ1) is 7.75. The lowest BCUT2D eigenvalue weighted by atomic mass is 10.2. The summed E-state index contributed by atoms with van der Waals surface area (Å²) in [6.07, 6.45) is 4.07. The Bertz CT molecular complexity index is 313. The van der Waals surface area contributed by atoms with Crippen LogP contribution in [0.2, 0.25) is 0 Å². The van der Waals surface area contributed by atoms with Gasteiger partial charge in [0.15, 0.2) is 0 Å². The van der Waals surface area contributed by atoms with Gasteiger partial charge in [0.05, 0.1) is 6.61 Å². The van der Waals surface area contributed by atoms with E-state index in [1.807, 2.05) is 25.1 Å². The number of nitrogen functional groups attached to an aromatic ring is 1. The molecule has 0 saturated carbocycles. The van der Waals surface area contributed by atoms with Crippen LogP contribution in [-0.4, -0.2) is 18.3 Å². The number of anilines is 1.